The van der Waals surface area contributed by atoms with Gasteiger partial charge >= 0.3 is 0 Å². The normalized spacial score (nSPS) is 39.9. The second-order valence-electron chi connectivity index (χ2n) is 4.06. The Hall–Kier alpha value is -0.0400. The molecule has 0 aromatic carbocycles. The van der Waals surface area contributed by atoms with E-state index in [0.29, 0.717) is 5.54 Å². The first-order valence-corrected chi connectivity index (χ1v) is 4.29. The zero-order chi connectivity index (χ0) is 7.78. The second kappa shape index (κ2) is 2.54. The van der Waals surface area contributed by atoms with E-state index in [1.165, 1.54) is 12.8 Å². The van der Waals surface area contributed by atoms with Crippen molar-refractivity contribution in [3.63, 3.8) is 0 Å². The summed E-state index contributed by atoms with van der Waals surface area (Å²) >= 11 is 0. The van der Waals surface area contributed by atoms with Crippen LogP contribution in [0.4, 0.5) is 0 Å². The lowest BCUT2D eigenvalue weighted by Crippen LogP contribution is -2.56. The van der Waals surface area contributed by atoms with Gasteiger partial charge in [0.05, 0.1) is 0 Å². The Morgan fingerprint density at radius 2 is 2.10 bits per heavy atom. The first-order chi connectivity index (χ1) is 4.60. The fraction of sp³-hybridized carbons (Fsp3) is 1.00. The molecule has 0 aliphatic heterocycles. The van der Waals surface area contributed by atoms with Crippen LogP contribution in [0.3, 0.4) is 0 Å². The van der Waals surface area contributed by atoms with Crippen LogP contribution < -0.4 is 5.32 Å². The third-order valence-corrected chi connectivity index (χ3v) is 3.17. The predicted octanol–water partition coefficient (Wildman–Crippen LogP) is 2.03. The summed E-state index contributed by atoms with van der Waals surface area (Å²) in [4.78, 5) is 0. The van der Waals surface area contributed by atoms with Gasteiger partial charge in [0.25, 0.3) is 0 Å². The van der Waals surface area contributed by atoms with E-state index >= 15 is 0 Å². The number of hydrogen-bond acceptors (Lipinski definition) is 1. The molecule has 2 unspecified atom stereocenters. The molecular weight excluding hydrogens is 122 g/mol. The average molecular weight is 141 g/mol. The van der Waals surface area contributed by atoms with Gasteiger partial charge in [-0.2, -0.15) is 0 Å². The van der Waals surface area contributed by atoms with Crippen LogP contribution in [0.15, 0.2) is 0 Å². The predicted molar refractivity (Wildman–Crippen MR) is 45.0 cm³/mol. The Bertz CT molecular complexity index is 116. The lowest BCUT2D eigenvalue weighted by Gasteiger charge is -2.49. The molecule has 10 heavy (non-hydrogen) atoms. The van der Waals surface area contributed by atoms with E-state index in [4.69, 9.17) is 0 Å². The minimum Gasteiger partial charge on any atom is -0.314 e. The van der Waals surface area contributed by atoms with Gasteiger partial charge in [-0.3, -0.25) is 0 Å². The van der Waals surface area contributed by atoms with Crippen molar-refractivity contribution in [2.75, 3.05) is 7.05 Å². The fourth-order valence-electron chi connectivity index (χ4n) is 2.12. The molecule has 1 nitrogen and oxygen atoms in total. The van der Waals surface area contributed by atoms with E-state index in [9.17, 15) is 0 Å². The van der Waals surface area contributed by atoms with Crippen LogP contribution in [0.5, 0.6) is 0 Å². The van der Waals surface area contributed by atoms with Crippen molar-refractivity contribution in [3.8, 4) is 0 Å². The molecule has 1 rings (SSSR count). The van der Waals surface area contributed by atoms with Crippen LogP contribution >= 0.6 is 0 Å². The Kier molecular flexibility index (Phi) is 2.04. The monoisotopic (exact) mass is 141 g/mol. The summed E-state index contributed by atoms with van der Waals surface area (Å²) in [6.45, 7) is 6.97. The van der Waals surface area contributed by atoms with E-state index in [-0.39, 0.29) is 0 Å². The highest BCUT2D eigenvalue weighted by Crippen LogP contribution is 2.42. The summed E-state index contributed by atoms with van der Waals surface area (Å²) < 4.78 is 0. The summed E-state index contributed by atoms with van der Waals surface area (Å²) in [5, 5.41) is 3.41. The maximum absolute atomic E-state index is 3.41. The molecule has 1 saturated carbocycles. The highest BCUT2D eigenvalue weighted by Gasteiger charge is 2.42. The molecule has 2 atom stereocenters. The molecular formula is C9H19N. The zero-order valence-corrected chi connectivity index (χ0v) is 7.57. The number of nitrogens with one attached hydrogen (secondary N) is 1. The maximum Gasteiger partial charge on any atom is 0.0181 e. The van der Waals surface area contributed by atoms with E-state index < -0.39 is 0 Å². The summed E-state index contributed by atoms with van der Waals surface area (Å²) in [6.07, 6.45) is 2.77. The maximum atomic E-state index is 3.41. The quantitative estimate of drug-likeness (QED) is 0.620. The minimum absolute atomic E-state index is 0.453. The van der Waals surface area contributed by atoms with Crippen molar-refractivity contribution in [2.24, 2.45) is 11.8 Å². The van der Waals surface area contributed by atoms with Gasteiger partial charge in [0, 0.05) is 5.54 Å². The van der Waals surface area contributed by atoms with Gasteiger partial charge in [-0.1, -0.05) is 13.8 Å². The van der Waals surface area contributed by atoms with Gasteiger partial charge in [0.2, 0.25) is 0 Å². The van der Waals surface area contributed by atoms with Gasteiger partial charge in [-0.05, 0) is 38.6 Å². The third kappa shape index (κ3) is 1.07. The smallest absolute Gasteiger partial charge is 0.0181 e. The molecule has 0 amide bonds. The van der Waals surface area contributed by atoms with Crippen LogP contribution in [0.2, 0.25) is 0 Å². The van der Waals surface area contributed by atoms with E-state index in [0.717, 1.165) is 11.8 Å². The van der Waals surface area contributed by atoms with Gasteiger partial charge < -0.3 is 5.32 Å². The van der Waals surface area contributed by atoms with Crippen molar-refractivity contribution in [2.45, 2.75) is 39.2 Å². The molecule has 0 aromatic rings. The molecule has 0 saturated heterocycles. The van der Waals surface area contributed by atoms with Crippen LogP contribution in [0, 0.1) is 11.8 Å². The standard InChI is InChI=1S/C9H19N/c1-7(2)8-5-6-9(8,3)10-4/h7-8,10H,5-6H2,1-4H3. The molecule has 0 spiro atoms. The Labute approximate surface area is 64.2 Å². The molecule has 1 aliphatic rings. The highest BCUT2D eigenvalue weighted by atomic mass is 15.0. The summed E-state index contributed by atoms with van der Waals surface area (Å²) in [5.41, 5.74) is 0.453. The van der Waals surface area contributed by atoms with Crippen molar-refractivity contribution < 1.29 is 0 Å². The number of hydrogen-bond donors (Lipinski definition) is 1. The Balaban J connectivity index is 2.49. The van der Waals surface area contributed by atoms with Crippen LogP contribution in [-0.2, 0) is 0 Å². The topological polar surface area (TPSA) is 12.0 Å². The molecule has 0 heterocycles. The summed E-state index contributed by atoms with van der Waals surface area (Å²) in [5.74, 6) is 1.74. The second-order valence-corrected chi connectivity index (χ2v) is 4.06. The molecule has 1 heteroatoms. The van der Waals surface area contributed by atoms with E-state index in [1.54, 1.807) is 0 Å². The van der Waals surface area contributed by atoms with Gasteiger partial charge in [-0.25, -0.2) is 0 Å². The molecule has 1 N–H and O–H groups in total. The largest absolute Gasteiger partial charge is 0.314 e. The van der Waals surface area contributed by atoms with Gasteiger partial charge in [0.15, 0.2) is 0 Å². The lowest BCUT2D eigenvalue weighted by molar-refractivity contribution is 0.0691. The molecule has 1 fully saturated rings. The van der Waals surface area contributed by atoms with Crippen molar-refractivity contribution >= 4 is 0 Å². The molecule has 0 radical (unpaired) electrons. The molecule has 1 aliphatic carbocycles. The van der Waals surface area contributed by atoms with Crippen LogP contribution in [0.1, 0.15) is 33.6 Å². The molecule has 60 valence electrons. The summed E-state index contributed by atoms with van der Waals surface area (Å²) in [7, 11) is 2.08. The average Bonchev–Trinajstić information content (AvgIpc) is 1.83. The van der Waals surface area contributed by atoms with Crippen LogP contribution in [0.25, 0.3) is 0 Å². The number of rotatable bonds is 2. The third-order valence-electron chi connectivity index (χ3n) is 3.17. The SMILES string of the molecule is CNC1(C)CCC1C(C)C. The van der Waals surface area contributed by atoms with Crippen LogP contribution in [-0.4, -0.2) is 12.6 Å². The lowest BCUT2D eigenvalue weighted by atomic mass is 9.63. The first-order valence-electron chi connectivity index (χ1n) is 4.29. The van der Waals surface area contributed by atoms with Gasteiger partial charge in [-0.15, -0.1) is 0 Å². The molecule has 0 aromatic heterocycles. The Morgan fingerprint density at radius 3 is 2.20 bits per heavy atom. The summed E-state index contributed by atoms with van der Waals surface area (Å²) in [6, 6.07) is 0. The Morgan fingerprint density at radius 1 is 1.50 bits per heavy atom. The van der Waals surface area contributed by atoms with Gasteiger partial charge in [0.1, 0.15) is 0 Å². The van der Waals surface area contributed by atoms with E-state index in [2.05, 4.69) is 33.1 Å². The minimum atomic E-state index is 0.453. The van der Waals surface area contributed by atoms with Crippen molar-refractivity contribution in [1.82, 2.24) is 5.32 Å². The highest BCUT2D eigenvalue weighted by molar-refractivity contribution is 4.99. The zero-order valence-electron chi connectivity index (χ0n) is 7.57. The fourth-order valence-corrected chi connectivity index (χ4v) is 2.12. The van der Waals surface area contributed by atoms with Crippen molar-refractivity contribution in [3.05, 3.63) is 0 Å². The van der Waals surface area contributed by atoms with E-state index in [1.807, 2.05) is 0 Å². The van der Waals surface area contributed by atoms with Crippen molar-refractivity contribution in [1.29, 1.82) is 0 Å². The first kappa shape index (κ1) is 8.06. The molecule has 0 bridgehead atoms.